The second-order valence-corrected chi connectivity index (χ2v) is 6.37. The van der Waals surface area contributed by atoms with E-state index in [-0.39, 0.29) is 11.0 Å². The van der Waals surface area contributed by atoms with Crippen molar-refractivity contribution in [3.8, 4) is 0 Å². The molecular weight excluding hydrogens is 344 g/mol. The van der Waals surface area contributed by atoms with E-state index < -0.39 is 4.92 Å². The molecule has 1 aromatic carbocycles. The van der Waals surface area contributed by atoms with Gasteiger partial charge in [0.1, 0.15) is 0 Å². The predicted octanol–water partition coefficient (Wildman–Crippen LogP) is 4.25. The third kappa shape index (κ3) is 3.00. The molecule has 1 fully saturated rings. The molecule has 4 rings (SSSR count). The Bertz CT molecular complexity index is 934. The minimum absolute atomic E-state index is 0.0296. The van der Waals surface area contributed by atoms with Gasteiger partial charge in [0.2, 0.25) is 5.28 Å². The highest BCUT2D eigenvalue weighted by molar-refractivity contribution is 6.28. The van der Waals surface area contributed by atoms with E-state index in [0.717, 1.165) is 12.8 Å². The molecule has 0 amide bonds. The Labute approximate surface area is 148 Å². The monoisotopic (exact) mass is 358 g/mol. The van der Waals surface area contributed by atoms with Gasteiger partial charge in [0.25, 0.3) is 5.69 Å². The van der Waals surface area contributed by atoms with Crippen molar-refractivity contribution < 1.29 is 4.92 Å². The number of fused-ring (bicyclic) bond motifs is 1. The predicted molar refractivity (Wildman–Crippen MR) is 94.2 cm³/mol. The molecule has 1 aliphatic carbocycles. The lowest BCUT2D eigenvalue weighted by Gasteiger charge is -2.12. The number of nitrogens with zero attached hydrogens (tertiary/aromatic N) is 5. The molecule has 25 heavy (non-hydrogen) atoms. The van der Waals surface area contributed by atoms with Crippen molar-refractivity contribution in [1.29, 1.82) is 0 Å². The number of aromatic nitrogens is 4. The zero-order valence-electron chi connectivity index (χ0n) is 13.2. The Hall–Kier alpha value is -2.74. The Morgan fingerprint density at radius 2 is 1.92 bits per heavy atom. The zero-order valence-corrected chi connectivity index (χ0v) is 14.0. The first-order valence-corrected chi connectivity index (χ1v) is 8.41. The van der Waals surface area contributed by atoms with Crippen LogP contribution in [0.15, 0.2) is 30.6 Å². The number of halogens is 1. The Balaban J connectivity index is 1.70. The van der Waals surface area contributed by atoms with E-state index in [0.29, 0.717) is 28.7 Å². The Morgan fingerprint density at radius 3 is 2.60 bits per heavy atom. The van der Waals surface area contributed by atoms with E-state index in [1.54, 1.807) is 18.5 Å². The zero-order chi connectivity index (χ0) is 17.4. The van der Waals surface area contributed by atoms with Gasteiger partial charge in [-0.15, -0.1) is 0 Å². The van der Waals surface area contributed by atoms with Gasteiger partial charge in [-0.25, -0.2) is 4.98 Å². The van der Waals surface area contributed by atoms with Crippen LogP contribution in [0, 0.1) is 10.1 Å². The van der Waals surface area contributed by atoms with Crippen LogP contribution in [0.3, 0.4) is 0 Å². The minimum Gasteiger partial charge on any atom is -0.338 e. The smallest absolute Gasteiger partial charge is 0.269 e. The number of rotatable bonds is 4. The lowest BCUT2D eigenvalue weighted by atomic mass is 10.2. The first-order valence-electron chi connectivity index (χ1n) is 8.03. The highest BCUT2D eigenvalue weighted by Gasteiger charge is 2.21. The molecule has 0 aliphatic heterocycles. The number of nitro benzene ring substituents is 1. The van der Waals surface area contributed by atoms with Crippen molar-refractivity contribution in [2.75, 3.05) is 5.32 Å². The molecule has 0 saturated heterocycles. The number of hydrogen-bond acceptors (Lipinski definition) is 6. The van der Waals surface area contributed by atoms with Gasteiger partial charge in [0.15, 0.2) is 17.0 Å². The van der Waals surface area contributed by atoms with Gasteiger partial charge >= 0.3 is 0 Å². The fourth-order valence-corrected chi connectivity index (χ4v) is 3.39. The van der Waals surface area contributed by atoms with Crippen molar-refractivity contribution in [3.63, 3.8) is 0 Å². The highest BCUT2D eigenvalue weighted by atomic mass is 35.5. The van der Waals surface area contributed by atoms with Crippen LogP contribution in [-0.2, 0) is 0 Å². The van der Waals surface area contributed by atoms with E-state index in [9.17, 15) is 10.1 Å². The van der Waals surface area contributed by atoms with E-state index in [1.807, 2.05) is 0 Å². The van der Waals surface area contributed by atoms with Crippen LogP contribution >= 0.6 is 11.6 Å². The van der Waals surface area contributed by atoms with Gasteiger partial charge in [-0.3, -0.25) is 10.1 Å². The van der Waals surface area contributed by atoms with E-state index >= 15 is 0 Å². The number of benzene rings is 1. The summed E-state index contributed by atoms with van der Waals surface area (Å²) >= 11 is 6.10. The molecule has 0 unspecified atom stereocenters. The number of nitrogens with one attached hydrogen (secondary N) is 1. The van der Waals surface area contributed by atoms with Gasteiger partial charge in [-0.2, -0.15) is 9.97 Å². The molecule has 2 heterocycles. The van der Waals surface area contributed by atoms with Gasteiger partial charge in [-0.1, -0.05) is 12.8 Å². The maximum absolute atomic E-state index is 10.8. The van der Waals surface area contributed by atoms with Crippen LogP contribution < -0.4 is 5.32 Å². The van der Waals surface area contributed by atoms with Crippen LogP contribution in [0.5, 0.6) is 0 Å². The summed E-state index contributed by atoms with van der Waals surface area (Å²) in [4.78, 5) is 23.3. The molecule has 0 atom stereocenters. The lowest BCUT2D eigenvalue weighted by Crippen LogP contribution is -2.05. The van der Waals surface area contributed by atoms with E-state index in [2.05, 4.69) is 24.8 Å². The molecule has 1 N–H and O–H groups in total. The maximum atomic E-state index is 10.8. The quantitative estimate of drug-likeness (QED) is 0.425. The number of hydrogen-bond donors (Lipinski definition) is 1. The molecule has 3 aromatic rings. The molecule has 2 aromatic heterocycles. The van der Waals surface area contributed by atoms with Crippen molar-refractivity contribution in [2.45, 2.75) is 31.7 Å². The van der Waals surface area contributed by atoms with Gasteiger partial charge < -0.3 is 9.88 Å². The fraction of sp³-hybridized carbons (Fsp3) is 0.312. The summed E-state index contributed by atoms with van der Waals surface area (Å²) in [5.41, 5.74) is 2.03. The van der Waals surface area contributed by atoms with Crippen LogP contribution in [0.2, 0.25) is 5.28 Å². The number of non-ortho nitro benzene ring substituents is 1. The van der Waals surface area contributed by atoms with Crippen molar-refractivity contribution in [3.05, 3.63) is 46.0 Å². The topological polar surface area (TPSA) is 98.8 Å². The average molecular weight is 359 g/mol. The summed E-state index contributed by atoms with van der Waals surface area (Å²) in [7, 11) is 0. The summed E-state index contributed by atoms with van der Waals surface area (Å²) in [5.74, 6) is 0.487. The second-order valence-electron chi connectivity index (χ2n) is 6.03. The Morgan fingerprint density at radius 1 is 1.20 bits per heavy atom. The molecule has 0 radical (unpaired) electrons. The molecule has 128 valence electrons. The molecule has 8 nitrogen and oxygen atoms in total. The standard InChI is InChI=1S/C16H15ClN6O2/c17-16-20-14(19-10-5-7-12(8-6-10)23(24)25)13-15(21-16)22(9-18-13)11-3-1-2-4-11/h5-9,11H,1-4H2,(H,19,20,21). The maximum Gasteiger partial charge on any atom is 0.269 e. The van der Waals surface area contributed by atoms with Crippen LogP contribution in [0.25, 0.3) is 11.2 Å². The van der Waals surface area contributed by atoms with Crippen molar-refractivity contribution in [1.82, 2.24) is 19.5 Å². The number of anilines is 2. The number of imidazole rings is 1. The summed E-state index contributed by atoms with van der Waals surface area (Å²) < 4.78 is 2.07. The number of nitro groups is 1. The molecular formula is C16H15ClN6O2. The molecule has 9 heteroatoms. The minimum atomic E-state index is -0.438. The highest BCUT2D eigenvalue weighted by Crippen LogP contribution is 2.33. The SMILES string of the molecule is O=[N+]([O-])c1ccc(Nc2nc(Cl)nc3c2ncn3C2CCCC2)cc1. The van der Waals surface area contributed by atoms with E-state index in [1.165, 1.54) is 25.0 Å². The van der Waals surface area contributed by atoms with Gasteiger partial charge in [-0.05, 0) is 36.6 Å². The summed E-state index contributed by atoms with van der Waals surface area (Å²) in [6, 6.07) is 6.49. The molecule has 0 bridgehead atoms. The summed E-state index contributed by atoms with van der Waals surface area (Å²) in [6.45, 7) is 0. The van der Waals surface area contributed by atoms with Gasteiger partial charge in [0.05, 0.1) is 11.3 Å². The second kappa shape index (κ2) is 6.29. The normalized spacial score (nSPS) is 14.9. The summed E-state index contributed by atoms with van der Waals surface area (Å²) in [6.07, 6.45) is 6.41. The first-order chi connectivity index (χ1) is 12.1. The third-order valence-corrected chi connectivity index (χ3v) is 4.62. The first kappa shape index (κ1) is 15.8. The van der Waals surface area contributed by atoms with E-state index in [4.69, 9.17) is 11.6 Å². The fourth-order valence-electron chi connectivity index (χ4n) is 3.23. The molecule has 0 spiro atoms. The largest absolute Gasteiger partial charge is 0.338 e. The van der Waals surface area contributed by atoms with Crippen LogP contribution in [0.4, 0.5) is 17.2 Å². The Kier molecular flexibility index (Phi) is 3.96. The molecule has 1 saturated carbocycles. The lowest BCUT2D eigenvalue weighted by molar-refractivity contribution is -0.384. The van der Waals surface area contributed by atoms with Crippen LogP contribution in [-0.4, -0.2) is 24.4 Å². The summed E-state index contributed by atoms with van der Waals surface area (Å²) in [5, 5.41) is 14.0. The van der Waals surface area contributed by atoms with Gasteiger partial charge in [0, 0.05) is 23.9 Å². The van der Waals surface area contributed by atoms with Crippen molar-refractivity contribution in [2.24, 2.45) is 0 Å². The third-order valence-electron chi connectivity index (χ3n) is 4.45. The van der Waals surface area contributed by atoms with Crippen LogP contribution in [0.1, 0.15) is 31.7 Å². The average Bonchev–Trinajstić information content (AvgIpc) is 3.24. The molecule has 1 aliphatic rings. The van der Waals surface area contributed by atoms with Crippen molar-refractivity contribution >= 4 is 40.0 Å².